The van der Waals surface area contributed by atoms with Gasteiger partial charge in [0.05, 0.1) is 7.11 Å². The first-order chi connectivity index (χ1) is 5.86. The Morgan fingerprint density at radius 1 is 1.75 bits per heavy atom. The predicted octanol–water partition coefficient (Wildman–Crippen LogP) is 1.67. The van der Waals surface area contributed by atoms with E-state index < -0.39 is 0 Å². The predicted molar refractivity (Wildman–Crippen MR) is 47.7 cm³/mol. The Bertz CT molecular complexity index is 247. The first-order valence-corrected chi connectivity index (χ1v) is 4.61. The molecule has 0 amide bonds. The van der Waals surface area contributed by atoms with Gasteiger partial charge in [0.15, 0.2) is 0 Å². The molecule has 66 valence electrons. The Balaban J connectivity index is 2.36. The van der Waals surface area contributed by atoms with Gasteiger partial charge in [-0.1, -0.05) is 11.3 Å². The third-order valence-corrected chi connectivity index (χ3v) is 2.47. The lowest BCUT2D eigenvalue weighted by Crippen LogP contribution is -1.81. The molecule has 0 aliphatic rings. The molecular weight excluding hydrogens is 174 g/mol. The van der Waals surface area contributed by atoms with E-state index in [1.165, 1.54) is 16.2 Å². The molecule has 0 unspecified atom stereocenters. The summed E-state index contributed by atoms with van der Waals surface area (Å²) in [7, 11) is 1.61. The van der Waals surface area contributed by atoms with Crippen molar-refractivity contribution in [2.45, 2.75) is 19.3 Å². The molecule has 0 radical (unpaired) electrons. The number of methoxy groups -OCH3 is 1. The van der Waals surface area contributed by atoms with E-state index in [1.807, 2.05) is 0 Å². The minimum atomic E-state index is 0.625. The van der Waals surface area contributed by atoms with Crippen LogP contribution < -0.4 is 4.74 Å². The molecule has 1 rings (SSSR count). The molecule has 0 saturated heterocycles. The number of ether oxygens (including phenoxy) is 1. The average Bonchev–Trinajstić information content (AvgIpc) is 2.53. The normalized spacial score (nSPS) is 9.75. The van der Waals surface area contributed by atoms with Gasteiger partial charge in [0, 0.05) is 17.5 Å². The van der Waals surface area contributed by atoms with E-state index in [1.54, 1.807) is 13.3 Å². The lowest BCUT2D eigenvalue weighted by atomic mass is 10.2. The molecule has 0 spiro atoms. The number of thiazole rings is 1. The van der Waals surface area contributed by atoms with Crippen molar-refractivity contribution in [3.63, 3.8) is 0 Å². The summed E-state index contributed by atoms with van der Waals surface area (Å²) in [4.78, 5) is 15.2. The Labute approximate surface area is 75.4 Å². The van der Waals surface area contributed by atoms with Crippen molar-refractivity contribution >= 4 is 17.6 Å². The molecule has 1 aromatic heterocycles. The van der Waals surface area contributed by atoms with Crippen LogP contribution in [-0.2, 0) is 11.2 Å². The smallest absolute Gasteiger partial charge is 0.273 e. The fourth-order valence-electron chi connectivity index (χ4n) is 0.859. The lowest BCUT2D eigenvalue weighted by Gasteiger charge is -1.90. The van der Waals surface area contributed by atoms with Crippen LogP contribution in [0.4, 0.5) is 0 Å². The van der Waals surface area contributed by atoms with Crippen LogP contribution in [0, 0.1) is 0 Å². The molecule has 1 aromatic rings. The van der Waals surface area contributed by atoms with Crippen molar-refractivity contribution in [3.05, 3.63) is 11.1 Å². The van der Waals surface area contributed by atoms with E-state index in [9.17, 15) is 4.79 Å². The molecule has 0 fully saturated rings. The van der Waals surface area contributed by atoms with Crippen LogP contribution in [0.25, 0.3) is 0 Å². The van der Waals surface area contributed by atoms with Crippen molar-refractivity contribution in [2.75, 3.05) is 7.11 Å². The van der Waals surface area contributed by atoms with Gasteiger partial charge < -0.3 is 9.53 Å². The van der Waals surface area contributed by atoms with E-state index in [0.29, 0.717) is 11.6 Å². The number of aldehydes is 1. The second kappa shape index (κ2) is 4.87. The number of carbonyl (C=O) groups excluding carboxylic acids is 1. The van der Waals surface area contributed by atoms with Crippen LogP contribution in [0.15, 0.2) is 6.20 Å². The molecule has 3 nitrogen and oxygen atoms in total. The number of nitrogens with zero attached hydrogens (tertiary/aromatic N) is 1. The molecule has 4 heteroatoms. The Kier molecular flexibility index (Phi) is 3.73. The molecule has 0 aromatic carbocycles. The fourth-order valence-corrected chi connectivity index (χ4v) is 1.62. The molecular formula is C8H11NO2S. The summed E-state index contributed by atoms with van der Waals surface area (Å²) in [6.45, 7) is 0. The molecule has 0 bridgehead atoms. The summed E-state index contributed by atoms with van der Waals surface area (Å²) in [5, 5.41) is 0.691. The Morgan fingerprint density at radius 3 is 3.17 bits per heavy atom. The van der Waals surface area contributed by atoms with E-state index in [4.69, 9.17) is 4.74 Å². The number of aromatic nitrogens is 1. The second-order valence-electron chi connectivity index (χ2n) is 2.36. The Hall–Kier alpha value is -0.900. The molecule has 1 heterocycles. The third kappa shape index (κ3) is 2.62. The van der Waals surface area contributed by atoms with Gasteiger partial charge in [-0.05, 0) is 12.8 Å². The Morgan fingerprint density at radius 2 is 2.58 bits per heavy atom. The molecule has 0 N–H and O–H groups in total. The van der Waals surface area contributed by atoms with Gasteiger partial charge >= 0.3 is 0 Å². The summed E-state index contributed by atoms with van der Waals surface area (Å²) >= 11 is 1.53. The van der Waals surface area contributed by atoms with E-state index in [-0.39, 0.29) is 0 Å². The van der Waals surface area contributed by atoms with Crippen molar-refractivity contribution in [1.29, 1.82) is 0 Å². The average molecular weight is 185 g/mol. The molecule has 0 atom stereocenters. The minimum absolute atomic E-state index is 0.625. The summed E-state index contributed by atoms with van der Waals surface area (Å²) in [6.07, 6.45) is 5.18. The largest absolute Gasteiger partial charge is 0.473 e. The van der Waals surface area contributed by atoms with Gasteiger partial charge in [-0.25, -0.2) is 4.98 Å². The van der Waals surface area contributed by atoms with Crippen LogP contribution in [0.1, 0.15) is 17.7 Å². The zero-order chi connectivity index (χ0) is 8.81. The summed E-state index contributed by atoms with van der Waals surface area (Å²) in [5.74, 6) is 0. The number of aryl methyl sites for hydroxylation is 1. The molecule has 0 aliphatic carbocycles. The zero-order valence-corrected chi connectivity index (χ0v) is 7.76. The fraction of sp³-hybridized carbons (Fsp3) is 0.500. The van der Waals surface area contributed by atoms with Gasteiger partial charge in [-0.15, -0.1) is 0 Å². The number of rotatable bonds is 5. The van der Waals surface area contributed by atoms with Crippen LogP contribution in [0.2, 0.25) is 0 Å². The topological polar surface area (TPSA) is 39.2 Å². The standard InChI is InChI=1S/C8H11NO2S/c1-11-8-9-6-7(12-8)4-2-3-5-10/h5-6H,2-4H2,1H3. The highest BCUT2D eigenvalue weighted by molar-refractivity contribution is 7.13. The lowest BCUT2D eigenvalue weighted by molar-refractivity contribution is -0.107. The SMILES string of the molecule is COc1ncc(CCCC=O)s1. The van der Waals surface area contributed by atoms with Gasteiger partial charge in [0.25, 0.3) is 5.19 Å². The van der Waals surface area contributed by atoms with Crippen LogP contribution in [-0.4, -0.2) is 18.4 Å². The first-order valence-electron chi connectivity index (χ1n) is 3.79. The van der Waals surface area contributed by atoms with Gasteiger partial charge in [0.1, 0.15) is 6.29 Å². The maximum atomic E-state index is 10.0. The highest BCUT2D eigenvalue weighted by Crippen LogP contribution is 2.21. The van der Waals surface area contributed by atoms with E-state index >= 15 is 0 Å². The number of carbonyl (C=O) groups is 1. The maximum Gasteiger partial charge on any atom is 0.273 e. The highest BCUT2D eigenvalue weighted by atomic mass is 32.1. The third-order valence-electron chi connectivity index (χ3n) is 1.45. The maximum absolute atomic E-state index is 10.0. The number of hydrogen-bond donors (Lipinski definition) is 0. The summed E-state index contributed by atoms with van der Waals surface area (Å²) in [5.41, 5.74) is 0. The van der Waals surface area contributed by atoms with Gasteiger partial charge in [0.2, 0.25) is 0 Å². The summed E-state index contributed by atoms with van der Waals surface area (Å²) in [6, 6.07) is 0. The van der Waals surface area contributed by atoms with Gasteiger partial charge in [-0.2, -0.15) is 0 Å². The minimum Gasteiger partial charge on any atom is -0.473 e. The molecule has 0 aliphatic heterocycles. The monoisotopic (exact) mass is 185 g/mol. The quantitative estimate of drug-likeness (QED) is 0.517. The van der Waals surface area contributed by atoms with Crippen molar-refractivity contribution < 1.29 is 9.53 Å². The van der Waals surface area contributed by atoms with Crippen molar-refractivity contribution in [3.8, 4) is 5.19 Å². The highest BCUT2D eigenvalue weighted by Gasteiger charge is 2.00. The van der Waals surface area contributed by atoms with E-state index in [2.05, 4.69) is 4.98 Å². The number of hydrogen-bond acceptors (Lipinski definition) is 4. The van der Waals surface area contributed by atoms with Crippen LogP contribution in [0.3, 0.4) is 0 Å². The van der Waals surface area contributed by atoms with Gasteiger partial charge in [-0.3, -0.25) is 0 Å². The first kappa shape index (κ1) is 9.19. The summed E-state index contributed by atoms with van der Waals surface area (Å²) < 4.78 is 4.94. The molecule has 12 heavy (non-hydrogen) atoms. The zero-order valence-electron chi connectivity index (χ0n) is 6.95. The molecule has 0 saturated carbocycles. The second-order valence-corrected chi connectivity index (χ2v) is 3.43. The van der Waals surface area contributed by atoms with E-state index in [0.717, 1.165) is 19.1 Å². The number of unbranched alkanes of at least 4 members (excludes halogenated alkanes) is 1. The van der Waals surface area contributed by atoms with Crippen molar-refractivity contribution in [2.24, 2.45) is 0 Å². The van der Waals surface area contributed by atoms with Crippen LogP contribution >= 0.6 is 11.3 Å². The van der Waals surface area contributed by atoms with Crippen molar-refractivity contribution in [1.82, 2.24) is 4.98 Å². The van der Waals surface area contributed by atoms with Crippen LogP contribution in [0.5, 0.6) is 5.19 Å².